The summed E-state index contributed by atoms with van der Waals surface area (Å²) in [6.45, 7) is 6.59. The van der Waals surface area contributed by atoms with Crippen LogP contribution in [0, 0.1) is 6.92 Å². The van der Waals surface area contributed by atoms with Crippen LogP contribution in [0.1, 0.15) is 22.8 Å². The molecule has 1 saturated heterocycles. The Labute approximate surface area is 158 Å². The molecule has 0 unspecified atom stereocenters. The van der Waals surface area contributed by atoms with Gasteiger partial charge < -0.3 is 19.9 Å². The van der Waals surface area contributed by atoms with Gasteiger partial charge in [-0.3, -0.25) is 4.79 Å². The highest BCUT2D eigenvalue weighted by Gasteiger charge is 2.23. The van der Waals surface area contributed by atoms with E-state index in [1.54, 1.807) is 30.2 Å². The smallest absolute Gasteiger partial charge is 0.409 e. The van der Waals surface area contributed by atoms with Crippen LogP contribution in [-0.2, 0) is 4.74 Å². The average molecular weight is 368 g/mol. The SMILES string of the molecule is CCOC(=O)N1CCN(c2cc(C(=O)Nc3cccc(C)c3)ccn2)CC1. The van der Waals surface area contributed by atoms with E-state index in [9.17, 15) is 9.59 Å². The molecule has 0 aliphatic carbocycles. The molecule has 1 fully saturated rings. The predicted molar refractivity (Wildman–Crippen MR) is 104 cm³/mol. The molecule has 142 valence electrons. The van der Waals surface area contributed by atoms with E-state index in [1.807, 2.05) is 31.2 Å². The van der Waals surface area contributed by atoms with Crippen molar-refractivity contribution < 1.29 is 14.3 Å². The number of benzene rings is 1. The Morgan fingerprint density at radius 1 is 1.15 bits per heavy atom. The van der Waals surface area contributed by atoms with Gasteiger partial charge in [-0.1, -0.05) is 12.1 Å². The van der Waals surface area contributed by atoms with Gasteiger partial charge in [-0.15, -0.1) is 0 Å². The second-order valence-electron chi connectivity index (χ2n) is 6.40. The third kappa shape index (κ3) is 4.75. The lowest BCUT2D eigenvalue weighted by atomic mass is 10.2. The van der Waals surface area contributed by atoms with Crippen molar-refractivity contribution in [1.82, 2.24) is 9.88 Å². The third-order valence-electron chi connectivity index (χ3n) is 4.41. The summed E-state index contributed by atoms with van der Waals surface area (Å²) in [6.07, 6.45) is 1.36. The number of rotatable bonds is 4. The molecule has 1 aromatic carbocycles. The minimum absolute atomic E-state index is 0.172. The standard InChI is InChI=1S/C20H24N4O3/c1-3-27-20(26)24-11-9-23(10-12-24)18-14-16(7-8-21-18)19(25)22-17-6-4-5-15(2)13-17/h4-8,13-14H,3,9-12H2,1-2H3,(H,22,25). The highest BCUT2D eigenvalue weighted by atomic mass is 16.6. The Morgan fingerprint density at radius 3 is 2.63 bits per heavy atom. The topological polar surface area (TPSA) is 74.8 Å². The summed E-state index contributed by atoms with van der Waals surface area (Å²) in [6, 6.07) is 11.2. The molecule has 2 heterocycles. The van der Waals surface area contributed by atoms with Gasteiger partial charge in [0, 0.05) is 43.6 Å². The fourth-order valence-corrected chi connectivity index (χ4v) is 2.99. The van der Waals surface area contributed by atoms with E-state index < -0.39 is 0 Å². The first-order valence-corrected chi connectivity index (χ1v) is 9.07. The number of carbonyl (C=O) groups is 2. The molecule has 27 heavy (non-hydrogen) atoms. The van der Waals surface area contributed by atoms with Crippen molar-refractivity contribution in [3.8, 4) is 0 Å². The number of carbonyl (C=O) groups excluding carboxylic acids is 2. The maximum atomic E-state index is 12.5. The zero-order valence-corrected chi connectivity index (χ0v) is 15.6. The number of ether oxygens (including phenoxy) is 1. The lowest BCUT2D eigenvalue weighted by molar-refractivity contribution is 0.102. The molecule has 1 N–H and O–H groups in total. The minimum Gasteiger partial charge on any atom is -0.450 e. The van der Waals surface area contributed by atoms with Crippen molar-refractivity contribution >= 4 is 23.5 Å². The van der Waals surface area contributed by atoms with E-state index in [-0.39, 0.29) is 12.0 Å². The average Bonchev–Trinajstić information content (AvgIpc) is 2.68. The molecule has 0 radical (unpaired) electrons. The van der Waals surface area contributed by atoms with E-state index in [0.717, 1.165) is 17.1 Å². The van der Waals surface area contributed by atoms with E-state index in [0.29, 0.717) is 38.3 Å². The second kappa shape index (κ2) is 8.53. The zero-order chi connectivity index (χ0) is 19.2. The number of aromatic nitrogens is 1. The van der Waals surface area contributed by atoms with E-state index in [2.05, 4.69) is 15.2 Å². The Bertz CT molecular complexity index is 816. The number of pyridine rings is 1. The molecule has 0 saturated carbocycles. The molecule has 7 heteroatoms. The predicted octanol–water partition coefficient (Wildman–Crippen LogP) is 2.92. The molecular formula is C20H24N4O3. The highest BCUT2D eigenvalue weighted by Crippen LogP contribution is 2.17. The van der Waals surface area contributed by atoms with Crippen molar-refractivity contribution in [2.24, 2.45) is 0 Å². The van der Waals surface area contributed by atoms with Crippen molar-refractivity contribution in [3.05, 3.63) is 53.7 Å². The van der Waals surface area contributed by atoms with Crippen LogP contribution in [0.3, 0.4) is 0 Å². The molecule has 0 bridgehead atoms. The van der Waals surface area contributed by atoms with Crippen LogP contribution >= 0.6 is 0 Å². The molecule has 7 nitrogen and oxygen atoms in total. The van der Waals surface area contributed by atoms with Gasteiger partial charge in [0.15, 0.2) is 0 Å². The largest absolute Gasteiger partial charge is 0.450 e. The molecule has 3 rings (SSSR count). The lowest BCUT2D eigenvalue weighted by Crippen LogP contribution is -2.49. The maximum Gasteiger partial charge on any atom is 0.409 e. The van der Waals surface area contributed by atoms with E-state index in [4.69, 9.17) is 4.74 Å². The Balaban J connectivity index is 1.64. The normalized spacial score (nSPS) is 14.0. The van der Waals surface area contributed by atoms with Gasteiger partial charge in [0.1, 0.15) is 5.82 Å². The van der Waals surface area contributed by atoms with E-state index >= 15 is 0 Å². The minimum atomic E-state index is -0.281. The summed E-state index contributed by atoms with van der Waals surface area (Å²) in [4.78, 5) is 32.5. The van der Waals surface area contributed by atoms with Crippen LogP contribution in [0.25, 0.3) is 0 Å². The van der Waals surface area contributed by atoms with Gasteiger partial charge in [0.2, 0.25) is 0 Å². The Hall–Kier alpha value is -3.09. The number of anilines is 2. The number of hydrogen-bond donors (Lipinski definition) is 1. The summed E-state index contributed by atoms with van der Waals surface area (Å²) in [5, 5.41) is 2.91. The molecule has 2 aromatic rings. The summed E-state index contributed by atoms with van der Waals surface area (Å²) in [5.41, 5.74) is 2.40. The lowest BCUT2D eigenvalue weighted by Gasteiger charge is -2.34. The van der Waals surface area contributed by atoms with Crippen molar-refractivity contribution in [2.75, 3.05) is 43.0 Å². The quantitative estimate of drug-likeness (QED) is 0.898. The zero-order valence-electron chi connectivity index (χ0n) is 15.6. The number of nitrogens with one attached hydrogen (secondary N) is 1. The number of hydrogen-bond acceptors (Lipinski definition) is 5. The van der Waals surface area contributed by atoms with Gasteiger partial charge in [0.05, 0.1) is 6.61 Å². The van der Waals surface area contributed by atoms with Crippen molar-refractivity contribution in [2.45, 2.75) is 13.8 Å². The Morgan fingerprint density at radius 2 is 1.93 bits per heavy atom. The third-order valence-corrected chi connectivity index (χ3v) is 4.41. The van der Waals surface area contributed by atoms with Crippen molar-refractivity contribution in [1.29, 1.82) is 0 Å². The fourth-order valence-electron chi connectivity index (χ4n) is 2.99. The van der Waals surface area contributed by atoms with Crippen molar-refractivity contribution in [3.63, 3.8) is 0 Å². The first-order valence-electron chi connectivity index (χ1n) is 9.07. The van der Waals surface area contributed by atoms with Crippen LogP contribution in [0.5, 0.6) is 0 Å². The van der Waals surface area contributed by atoms with Gasteiger partial charge >= 0.3 is 6.09 Å². The molecule has 1 aliphatic rings. The number of aryl methyl sites for hydroxylation is 1. The number of amides is 2. The Kier molecular flexibility index (Phi) is 5.90. The van der Waals surface area contributed by atoms with Crippen LogP contribution in [0.2, 0.25) is 0 Å². The maximum absolute atomic E-state index is 12.5. The molecular weight excluding hydrogens is 344 g/mol. The number of piperazine rings is 1. The molecule has 1 aliphatic heterocycles. The van der Waals surface area contributed by atoms with Gasteiger partial charge in [0.25, 0.3) is 5.91 Å². The summed E-state index contributed by atoms with van der Waals surface area (Å²) < 4.78 is 5.04. The molecule has 0 atom stereocenters. The number of nitrogens with zero attached hydrogens (tertiary/aromatic N) is 3. The van der Waals surface area contributed by atoms with Crippen LogP contribution in [-0.4, -0.2) is 54.7 Å². The van der Waals surface area contributed by atoms with Gasteiger partial charge in [-0.25, -0.2) is 9.78 Å². The fraction of sp³-hybridized carbons (Fsp3) is 0.350. The summed E-state index contributed by atoms with van der Waals surface area (Å²) in [5.74, 6) is 0.560. The summed E-state index contributed by atoms with van der Waals surface area (Å²) in [7, 11) is 0. The first-order chi connectivity index (χ1) is 13.1. The molecule has 1 aromatic heterocycles. The van der Waals surface area contributed by atoms with Gasteiger partial charge in [-0.2, -0.15) is 0 Å². The van der Waals surface area contributed by atoms with Crippen LogP contribution < -0.4 is 10.2 Å². The van der Waals surface area contributed by atoms with E-state index in [1.165, 1.54) is 0 Å². The first kappa shape index (κ1) is 18.7. The summed E-state index contributed by atoms with van der Waals surface area (Å²) >= 11 is 0. The highest BCUT2D eigenvalue weighted by molar-refractivity contribution is 6.04. The second-order valence-corrected chi connectivity index (χ2v) is 6.40. The van der Waals surface area contributed by atoms with Gasteiger partial charge in [-0.05, 0) is 43.7 Å². The monoisotopic (exact) mass is 368 g/mol. The molecule has 0 spiro atoms. The van der Waals surface area contributed by atoms with Crippen LogP contribution in [0.4, 0.5) is 16.3 Å². The molecule has 2 amide bonds. The van der Waals surface area contributed by atoms with Crippen LogP contribution in [0.15, 0.2) is 42.6 Å².